The smallest absolute Gasteiger partial charge is 0.259 e. The van der Waals surface area contributed by atoms with Crippen molar-refractivity contribution in [1.29, 1.82) is 0 Å². The first-order valence-electron chi connectivity index (χ1n) is 9.03. The second-order valence-corrected chi connectivity index (χ2v) is 7.26. The molecule has 1 N–H and O–H groups in total. The van der Waals surface area contributed by atoms with Crippen LogP contribution in [-0.4, -0.2) is 20.7 Å². The Morgan fingerprint density at radius 2 is 1.93 bits per heavy atom. The van der Waals surface area contributed by atoms with Gasteiger partial charge in [-0.25, -0.2) is 4.68 Å². The molecule has 2 heterocycles. The maximum absolute atomic E-state index is 13.1. The van der Waals surface area contributed by atoms with Crippen LogP contribution in [0.5, 0.6) is 0 Å². The van der Waals surface area contributed by atoms with Gasteiger partial charge < -0.3 is 5.32 Å². The van der Waals surface area contributed by atoms with Gasteiger partial charge in [-0.3, -0.25) is 9.78 Å². The molecule has 28 heavy (non-hydrogen) atoms. The first kappa shape index (κ1) is 18.2. The lowest BCUT2D eigenvalue weighted by atomic mass is 10.0. The molecule has 0 saturated heterocycles. The van der Waals surface area contributed by atoms with Crippen LogP contribution in [0, 0.1) is 0 Å². The van der Waals surface area contributed by atoms with Crippen LogP contribution in [0.4, 0.5) is 5.69 Å². The normalized spacial score (nSPS) is 11.1. The number of pyridine rings is 1. The van der Waals surface area contributed by atoms with Crippen LogP contribution in [0.3, 0.4) is 0 Å². The van der Waals surface area contributed by atoms with Gasteiger partial charge in [0.1, 0.15) is 0 Å². The Hall–Kier alpha value is -3.18. The van der Waals surface area contributed by atoms with Gasteiger partial charge >= 0.3 is 0 Å². The number of carbonyl (C=O) groups is 1. The van der Waals surface area contributed by atoms with Crippen LogP contribution >= 0.6 is 11.6 Å². The van der Waals surface area contributed by atoms with Crippen molar-refractivity contribution in [3.8, 4) is 5.69 Å². The summed E-state index contributed by atoms with van der Waals surface area (Å²) in [6, 6.07) is 16.9. The summed E-state index contributed by atoms with van der Waals surface area (Å²) in [5, 5.41) is 8.99. The van der Waals surface area contributed by atoms with E-state index in [0.717, 1.165) is 28.0 Å². The minimum atomic E-state index is -0.201. The van der Waals surface area contributed by atoms with E-state index in [1.165, 1.54) is 0 Å². The van der Waals surface area contributed by atoms with Crippen LogP contribution in [0.2, 0.25) is 5.02 Å². The van der Waals surface area contributed by atoms with Gasteiger partial charge in [0.15, 0.2) is 0 Å². The molecular weight excluding hydrogens is 372 g/mol. The lowest BCUT2D eigenvalue weighted by Gasteiger charge is -2.14. The minimum absolute atomic E-state index is 0.0939. The van der Waals surface area contributed by atoms with Crippen molar-refractivity contribution in [2.75, 3.05) is 5.32 Å². The fourth-order valence-electron chi connectivity index (χ4n) is 3.30. The number of carbonyl (C=O) groups excluding carboxylic acids is 1. The number of rotatable bonds is 4. The molecule has 0 spiro atoms. The molecule has 0 aliphatic carbocycles. The van der Waals surface area contributed by atoms with Crippen molar-refractivity contribution >= 4 is 34.1 Å². The highest BCUT2D eigenvalue weighted by molar-refractivity contribution is 6.30. The Kier molecular flexibility index (Phi) is 4.84. The number of aromatic nitrogens is 3. The van der Waals surface area contributed by atoms with Crippen molar-refractivity contribution in [3.63, 3.8) is 0 Å². The molecule has 6 heteroatoms. The highest BCUT2D eigenvalue weighted by Crippen LogP contribution is 2.27. The molecule has 0 atom stereocenters. The van der Waals surface area contributed by atoms with E-state index in [2.05, 4.69) is 15.4 Å². The molecule has 5 nitrogen and oxygen atoms in total. The molecule has 4 aromatic rings. The van der Waals surface area contributed by atoms with Crippen molar-refractivity contribution in [2.45, 2.75) is 19.8 Å². The highest BCUT2D eigenvalue weighted by atomic mass is 35.5. The SMILES string of the molecule is CC(C)c1c(C(=O)Nc2cccc3ncccc23)cnn1-c1cccc(Cl)c1. The van der Waals surface area contributed by atoms with E-state index in [-0.39, 0.29) is 11.8 Å². The van der Waals surface area contributed by atoms with E-state index in [9.17, 15) is 4.79 Å². The van der Waals surface area contributed by atoms with Crippen molar-refractivity contribution in [3.05, 3.63) is 83.3 Å². The quantitative estimate of drug-likeness (QED) is 0.504. The van der Waals surface area contributed by atoms with E-state index in [4.69, 9.17) is 11.6 Å². The zero-order chi connectivity index (χ0) is 19.7. The third-order valence-corrected chi connectivity index (χ3v) is 4.78. The average Bonchev–Trinajstić information content (AvgIpc) is 3.14. The van der Waals surface area contributed by atoms with Gasteiger partial charge in [-0.2, -0.15) is 5.10 Å². The van der Waals surface area contributed by atoms with E-state index in [0.29, 0.717) is 10.6 Å². The number of nitrogens with one attached hydrogen (secondary N) is 1. The average molecular weight is 391 g/mol. The fraction of sp³-hybridized carbons (Fsp3) is 0.136. The summed E-state index contributed by atoms with van der Waals surface area (Å²) in [5.41, 5.74) is 3.75. The van der Waals surface area contributed by atoms with E-state index >= 15 is 0 Å². The largest absolute Gasteiger partial charge is 0.321 e. The first-order valence-corrected chi connectivity index (χ1v) is 9.41. The Morgan fingerprint density at radius 3 is 2.71 bits per heavy atom. The number of hydrogen-bond acceptors (Lipinski definition) is 3. The van der Waals surface area contributed by atoms with Gasteiger partial charge in [0.2, 0.25) is 0 Å². The molecular formula is C22H19ClN4O. The Labute approximate surface area is 168 Å². The standard InChI is InChI=1S/C22H19ClN4O/c1-14(2)21-18(13-25-27(21)16-7-3-6-15(23)12-16)22(28)26-20-10-4-9-19-17(20)8-5-11-24-19/h3-14H,1-2H3,(H,26,28). The zero-order valence-electron chi connectivity index (χ0n) is 15.6. The van der Waals surface area contributed by atoms with Gasteiger partial charge in [0, 0.05) is 16.6 Å². The molecule has 2 aromatic carbocycles. The molecule has 140 valence electrons. The maximum atomic E-state index is 13.1. The number of nitrogens with zero attached hydrogens (tertiary/aromatic N) is 3. The van der Waals surface area contributed by atoms with E-state index < -0.39 is 0 Å². The predicted octanol–water partition coefficient (Wildman–Crippen LogP) is 5.45. The van der Waals surface area contributed by atoms with Gasteiger partial charge in [-0.05, 0) is 48.4 Å². The molecule has 0 fully saturated rings. The molecule has 0 saturated carbocycles. The highest BCUT2D eigenvalue weighted by Gasteiger charge is 2.21. The second-order valence-electron chi connectivity index (χ2n) is 6.82. The number of fused-ring (bicyclic) bond motifs is 1. The summed E-state index contributed by atoms with van der Waals surface area (Å²) < 4.78 is 1.77. The summed E-state index contributed by atoms with van der Waals surface area (Å²) in [4.78, 5) is 17.4. The summed E-state index contributed by atoms with van der Waals surface area (Å²) in [6.45, 7) is 4.08. The van der Waals surface area contributed by atoms with Crippen LogP contribution in [0.1, 0.15) is 35.8 Å². The number of hydrogen-bond donors (Lipinski definition) is 1. The summed E-state index contributed by atoms with van der Waals surface area (Å²) in [6.07, 6.45) is 3.34. The molecule has 0 aliphatic heterocycles. The lowest BCUT2D eigenvalue weighted by molar-refractivity contribution is 0.102. The summed E-state index contributed by atoms with van der Waals surface area (Å²) in [7, 11) is 0. The molecule has 0 unspecified atom stereocenters. The Bertz CT molecular complexity index is 1160. The van der Waals surface area contributed by atoms with Crippen LogP contribution < -0.4 is 5.32 Å². The molecule has 2 aromatic heterocycles. The monoisotopic (exact) mass is 390 g/mol. The van der Waals surface area contributed by atoms with Crippen molar-refractivity contribution in [1.82, 2.24) is 14.8 Å². The van der Waals surface area contributed by atoms with Gasteiger partial charge in [-0.1, -0.05) is 37.6 Å². The second kappa shape index (κ2) is 7.44. The molecule has 0 aliphatic rings. The molecule has 1 amide bonds. The maximum Gasteiger partial charge on any atom is 0.259 e. The molecule has 0 radical (unpaired) electrons. The summed E-state index contributed by atoms with van der Waals surface area (Å²) >= 11 is 6.13. The van der Waals surface area contributed by atoms with Crippen molar-refractivity contribution in [2.24, 2.45) is 0 Å². The summed E-state index contributed by atoms with van der Waals surface area (Å²) in [5.74, 6) is -0.107. The number of halogens is 1. The van der Waals surface area contributed by atoms with Crippen LogP contribution in [0.25, 0.3) is 16.6 Å². The number of benzene rings is 2. The van der Waals surface area contributed by atoms with Crippen LogP contribution in [0.15, 0.2) is 67.0 Å². The zero-order valence-corrected chi connectivity index (χ0v) is 16.3. The fourth-order valence-corrected chi connectivity index (χ4v) is 3.49. The van der Waals surface area contributed by atoms with Crippen molar-refractivity contribution < 1.29 is 4.79 Å². The van der Waals surface area contributed by atoms with Gasteiger partial charge in [-0.15, -0.1) is 0 Å². The third-order valence-electron chi connectivity index (χ3n) is 4.54. The van der Waals surface area contributed by atoms with E-state index in [1.54, 1.807) is 17.1 Å². The minimum Gasteiger partial charge on any atom is -0.321 e. The Morgan fingerprint density at radius 1 is 1.11 bits per heavy atom. The van der Waals surface area contributed by atoms with Crippen LogP contribution in [-0.2, 0) is 0 Å². The molecule has 0 bridgehead atoms. The lowest BCUT2D eigenvalue weighted by Crippen LogP contribution is -2.15. The topological polar surface area (TPSA) is 59.8 Å². The number of amides is 1. The van der Waals surface area contributed by atoms with E-state index in [1.807, 2.05) is 68.4 Å². The van der Waals surface area contributed by atoms with Gasteiger partial charge in [0.25, 0.3) is 5.91 Å². The number of anilines is 1. The first-order chi connectivity index (χ1) is 13.5. The third kappa shape index (κ3) is 3.37. The molecule has 4 rings (SSSR count). The van der Waals surface area contributed by atoms with Gasteiger partial charge in [0.05, 0.1) is 34.3 Å². The predicted molar refractivity (Wildman–Crippen MR) is 112 cm³/mol. The Balaban J connectivity index is 1.74.